The maximum Gasteiger partial charge on any atom is 0.284 e. The first-order chi connectivity index (χ1) is 8.49. The van der Waals surface area contributed by atoms with Crippen molar-refractivity contribution < 1.29 is 9.72 Å². The molecule has 0 atom stereocenters. The number of rotatable bonds is 5. The lowest BCUT2D eigenvalue weighted by atomic mass is 10.2. The summed E-state index contributed by atoms with van der Waals surface area (Å²) in [5, 5.41) is 13.7. The van der Waals surface area contributed by atoms with E-state index in [0.29, 0.717) is 18.7 Å². The predicted molar refractivity (Wildman–Crippen MR) is 71.7 cm³/mol. The van der Waals surface area contributed by atoms with Gasteiger partial charge < -0.3 is 10.2 Å². The normalized spacial score (nSPS) is 10.2. The number of nitrogens with one attached hydrogen (secondary N) is 1. The van der Waals surface area contributed by atoms with Gasteiger partial charge in [0.15, 0.2) is 0 Å². The molecule has 0 aliphatic carbocycles. The number of halogens is 1. The maximum atomic E-state index is 12.1. The van der Waals surface area contributed by atoms with Crippen LogP contribution in [-0.4, -0.2) is 42.9 Å². The number of hydrogen-bond donors (Lipinski definition) is 1. The number of carbonyl (C=O) groups is 1. The maximum absolute atomic E-state index is 12.1. The van der Waals surface area contributed by atoms with Crippen LogP contribution in [0.1, 0.15) is 10.4 Å². The minimum Gasteiger partial charge on any atom is -0.340 e. The Morgan fingerprint density at radius 2 is 2.22 bits per heavy atom. The molecule has 1 aromatic carbocycles. The molecule has 0 spiro atoms. The average molecular weight is 316 g/mol. The van der Waals surface area contributed by atoms with E-state index < -0.39 is 4.92 Å². The number of benzene rings is 1. The van der Waals surface area contributed by atoms with E-state index in [2.05, 4.69) is 21.2 Å². The summed E-state index contributed by atoms with van der Waals surface area (Å²) in [6.45, 7) is 1.19. The second-order valence-corrected chi connectivity index (χ2v) is 4.52. The summed E-state index contributed by atoms with van der Waals surface area (Å²) in [6, 6.07) is 4.42. The summed E-state index contributed by atoms with van der Waals surface area (Å²) in [4.78, 5) is 23.9. The molecule has 0 heterocycles. The van der Waals surface area contributed by atoms with E-state index in [1.54, 1.807) is 20.2 Å². The van der Waals surface area contributed by atoms with Crippen molar-refractivity contribution in [3.8, 4) is 0 Å². The van der Waals surface area contributed by atoms with Crippen molar-refractivity contribution >= 4 is 27.5 Å². The Labute approximate surface area is 113 Å². The molecule has 0 saturated carbocycles. The Kier molecular flexibility index (Phi) is 5.24. The van der Waals surface area contributed by atoms with Crippen molar-refractivity contribution in [2.45, 2.75) is 0 Å². The molecule has 0 saturated heterocycles. The van der Waals surface area contributed by atoms with Crippen molar-refractivity contribution in [3.63, 3.8) is 0 Å². The molecule has 0 unspecified atom stereocenters. The standard InChI is InChI=1S/C11H14BrN3O3/c1-13-6-7-14(2)11(16)8-4-3-5-9(10(8)12)15(17)18/h3-5,13H,6-7H2,1-2H3. The summed E-state index contributed by atoms with van der Waals surface area (Å²) in [7, 11) is 3.45. The number of hydrogen-bond acceptors (Lipinski definition) is 4. The van der Waals surface area contributed by atoms with Gasteiger partial charge in [0.05, 0.1) is 10.5 Å². The third kappa shape index (κ3) is 3.27. The molecule has 1 N–H and O–H groups in total. The molecule has 1 aromatic rings. The molecular weight excluding hydrogens is 302 g/mol. The van der Waals surface area contributed by atoms with Gasteiger partial charge in [-0.15, -0.1) is 0 Å². The third-order valence-corrected chi connectivity index (χ3v) is 3.28. The van der Waals surface area contributed by atoms with Crippen LogP contribution in [0.15, 0.2) is 22.7 Å². The second kappa shape index (κ2) is 6.46. The fourth-order valence-corrected chi connectivity index (χ4v) is 1.99. The monoisotopic (exact) mass is 315 g/mol. The Morgan fingerprint density at radius 3 is 2.78 bits per heavy atom. The number of carbonyl (C=O) groups excluding carboxylic acids is 1. The predicted octanol–water partition coefficient (Wildman–Crippen LogP) is 1.65. The highest BCUT2D eigenvalue weighted by atomic mass is 79.9. The molecular formula is C11H14BrN3O3. The van der Waals surface area contributed by atoms with Crippen LogP contribution in [0.3, 0.4) is 0 Å². The van der Waals surface area contributed by atoms with E-state index in [-0.39, 0.29) is 16.1 Å². The number of nitrogens with zero attached hydrogens (tertiary/aromatic N) is 2. The number of nitro groups is 1. The third-order valence-electron chi connectivity index (χ3n) is 2.45. The molecule has 0 aliphatic rings. The SMILES string of the molecule is CNCCN(C)C(=O)c1cccc([N+](=O)[O-])c1Br. The Bertz CT molecular complexity index is 465. The topological polar surface area (TPSA) is 75.5 Å². The van der Waals surface area contributed by atoms with Gasteiger partial charge in [-0.3, -0.25) is 14.9 Å². The van der Waals surface area contributed by atoms with E-state index >= 15 is 0 Å². The van der Waals surface area contributed by atoms with Crippen LogP contribution in [0.25, 0.3) is 0 Å². The van der Waals surface area contributed by atoms with E-state index in [9.17, 15) is 14.9 Å². The zero-order valence-electron chi connectivity index (χ0n) is 10.1. The number of likely N-dealkylation sites (N-methyl/N-ethyl adjacent to an activating group) is 2. The first kappa shape index (κ1) is 14.6. The van der Waals surface area contributed by atoms with Gasteiger partial charge >= 0.3 is 0 Å². The zero-order chi connectivity index (χ0) is 13.7. The van der Waals surface area contributed by atoms with Gasteiger partial charge in [0.1, 0.15) is 4.47 Å². The Morgan fingerprint density at radius 1 is 1.56 bits per heavy atom. The second-order valence-electron chi connectivity index (χ2n) is 3.73. The smallest absolute Gasteiger partial charge is 0.284 e. The van der Waals surface area contributed by atoms with Crippen LogP contribution in [0.5, 0.6) is 0 Å². The lowest BCUT2D eigenvalue weighted by Gasteiger charge is -2.17. The summed E-state index contributed by atoms with van der Waals surface area (Å²) in [5.41, 5.74) is 0.186. The summed E-state index contributed by atoms with van der Waals surface area (Å²) < 4.78 is 0.219. The van der Waals surface area contributed by atoms with Crippen LogP contribution in [0.2, 0.25) is 0 Å². The molecule has 0 aromatic heterocycles. The van der Waals surface area contributed by atoms with Gasteiger partial charge in [0.25, 0.3) is 11.6 Å². The summed E-state index contributed by atoms with van der Waals surface area (Å²) >= 11 is 3.11. The lowest BCUT2D eigenvalue weighted by molar-refractivity contribution is -0.385. The molecule has 0 aliphatic heterocycles. The largest absolute Gasteiger partial charge is 0.340 e. The van der Waals surface area contributed by atoms with E-state index in [4.69, 9.17) is 0 Å². The minimum atomic E-state index is -0.519. The van der Waals surface area contributed by atoms with Gasteiger partial charge in [-0.25, -0.2) is 0 Å². The highest BCUT2D eigenvalue weighted by Gasteiger charge is 2.21. The number of amides is 1. The quantitative estimate of drug-likeness (QED) is 0.662. The number of nitro benzene ring substituents is 1. The highest BCUT2D eigenvalue weighted by molar-refractivity contribution is 9.10. The molecule has 7 heteroatoms. The Balaban J connectivity index is 2.99. The van der Waals surface area contributed by atoms with Crippen LogP contribution in [-0.2, 0) is 0 Å². The lowest BCUT2D eigenvalue weighted by Crippen LogP contribution is -2.33. The van der Waals surface area contributed by atoms with Crippen molar-refractivity contribution in [2.24, 2.45) is 0 Å². The fourth-order valence-electron chi connectivity index (χ4n) is 1.41. The molecule has 0 radical (unpaired) electrons. The van der Waals surface area contributed by atoms with Crippen molar-refractivity contribution in [1.29, 1.82) is 0 Å². The average Bonchev–Trinajstić information content (AvgIpc) is 2.35. The van der Waals surface area contributed by atoms with Crippen LogP contribution < -0.4 is 5.32 Å². The van der Waals surface area contributed by atoms with Gasteiger partial charge in [-0.05, 0) is 29.0 Å². The molecule has 0 bridgehead atoms. The first-order valence-corrected chi connectivity index (χ1v) is 6.11. The van der Waals surface area contributed by atoms with Crippen LogP contribution >= 0.6 is 15.9 Å². The van der Waals surface area contributed by atoms with E-state index in [0.717, 1.165) is 0 Å². The van der Waals surface area contributed by atoms with Crippen molar-refractivity contribution in [3.05, 3.63) is 38.3 Å². The van der Waals surface area contributed by atoms with Crippen LogP contribution in [0.4, 0.5) is 5.69 Å². The summed E-state index contributed by atoms with van der Waals surface area (Å²) in [6.07, 6.45) is 0. The summed E-state index contributed by atoms with van der Waals surface area (Å²) in [5.74, 6) is -0.249. The molecule has 98 valence electrons. The van der Waals surface area contributed by atoms with Gasteiger partial charge in [0.2, 0.25) is 0 Å². The van der Waals surface area contributed by atoms with E-state index in [1.165, 1.54) is 17.0 Å². The van der Waals surface area contributed by atoms with Crippen molar-refractivity contribution in [1.82, 2.24) is 10.2 Å². The molecule has 18 heavy (non-hydrogen) atoms. The fraction of sp³-hybridized carbons (Fsp3) is 0.364. The van der Waals surface area contributed by atoms with Crippen LogP contribution in [0, 0.1) is 10.1 Å². The Hall–Kier alpha value is -1.47. The van der Waals surface area contributed by atoms with E-state index in [1.807, 2.05) is 0 Å². The minimum absolute atomic E-state index is 0.108. The molecule has 6 nitrogen and oxygen atoms in total. The van der Waals surface area contributed by atoms with Crippen molar-refractivity contribution in [2.75, 3.05) is 27.2 Å². The van der Waals surface area contributed by atoms with Gasteiger partial charge in [-0.2, -0.15) is 0 Å². The molecule has 1 amide bonds. The first-order valence-electron chi connectivity index (χ1n) is 5.32. The highest BCUT2D eigenvalue weighted by Crippen LogP contribution is 2.28. The molecule has 0 fully saturated rings. The van der Waals surface area contributed by atoms with Gasteiger partial charge in [-0.1, -0.05) is 6.07 Å². The van der Waals surface area contributed by atoms with Gasteiger partial charge in [0, 0.05) is 26.2 Å². The molecule has 1 rings (SSSR count). The zero-order valence-corrected chi connectivity index (χ0v) is 11.7.